The molecule has 0 spiro atoms. The zero-order valence-electron chi connectivity index (χ0n) is 22.2. The van der Waals surface area contributed by atoms with Crippen molar-refractivity contribution in [1.29, 1.82) is 0 Å². The van der Waals surface area contributed by atoms with Gasteiger partial charge in [-0.1, -0.05) is 65.5 Å². The average Bonchev–Trinajstić information content (AvgIpc) is 2.83. The minimum atomic E-state index is 0. The normalized spacial score (nSPS) is 11.7. The fraction of sp³-hybridized carbons (Fsp3) is 0.548. The van der Waals surface area contributed by atoms with Crippen LogP contribution in [0.25, 0.3) is 0 Å². The van der Waals surface area contributed by atoms with E-state index >= 15 is 0 Å². The van der Waals surface area contributed by atoms with E-state index < -0.39 is 0 Å². The Labute approximate surface area is 219 Å². The Hall–Kier alpha value is -1.73. The molecule has 0 radical (unpaired) electrons. The van der Waals surface area contributed by atoms with Gasteiger partial charge in [0.1, 0.15) is 0 Å². The number of benzene rings is 2. The molecule has 0 N–H and O–H groups in total. The Morgan fingerprint density at radius 3 is 1.50 bits per heavy atom. The predicted molar refractivity (Wildman–Crippen MR) is 148 cm³/mol. The summed E-state index contributed by atoms with van der Waals surface area (Å²) in [4.78, 5) is 9.63. The topological polar surface area (TPSA) is 24.7 Å². The molecule has 190 valence electrons. The summed E-state index contributed by atoms with van der Waals surface area (Å²) in [5, 5.41) is 0. The van der Waals surface area contributed by atoms with Gasteiger partial charge in [0.15, 0.2) is 0 Å². The van der Waals surface area contributed by atoms with E-state index in [-0.39, 0.29) is 16.5 Å². The van der Waals surface area contributed by atoms with E-state index in [1.807, 2.05) is 13.1 Å². The zero-order valence-corrected chi connectivity index (χ0v) is 23.2. The summed E-state index contributed by atoms with van der Waals surface area (Å²) < 4.78 is 0. The summed E-state index contributed by atoms with van der Waals surface area (Å²) in [6.07, 6.45) is 16.5. The summed E-state index contributed by atoms with van der Waals surface area (Å²) in [7, 11) is 0. The maximum Gasteiger partial charge on any atom is 0.0636 e. The molecule has 0 atom stereocenters. The van der Waals surface area contributed by atoms with Crippen molar-refractivity contribution in [3.8, 4) is 0 Å². The van der Waals surface area contributed by atoms with Gasteiger partial charge in [-0.05, 0) is 105 Å². The third kappa shape index (κ3) is 10.7. The maximum atomic E-state index is 4.86. The zero-order chi connectivity index (χ0) is 23.9. The first-order chi connectivity index (χ1) is 16.1. The van der Waals surface area contributed by atoms with E-state index in [1.54, 1.807) is 0 Å². The number of aliphatic imine (C=N–C) groups is 2. The standard InChI is InChI=1S/C31H46N2.Ni/c1-6-10-14-26-18-20-30(22-28(26)16-12-8-3)32-24-25(5)33-31-21-19-27(15-11-7-2)29(23-31)17-13-9-4;/h18-24H,6-17H2,1-5H3;/b32-24+,33-25+;. The van der Waals surface area contributed by atoms with Crippen LogP contribution >= 0.6 is 0 Å². The van der Waals surface area contributed by atoms with Crippen LogP contribution in [-0.2, 0) is 42.2 Å². The van der Waals surface area contributed by atoms with Crippen LogP contribution in [-0.4, -0.2) is 11.9 Å². The largest absolute Gasteiger partial charge is 0.255 e. The van der Waals surface area contributed by atoms with Crippen molar-refractivity contribution in [2.45, 2.75) is 112 Å². The van der Waals surface area contributed by atoms with Gasteiger partial charge < -0.3 is 0 Å². The second kappa shape index (κ2) is 17.7. The first kappa shape index (κ1) is 30.3. The molecule has 0 amide bonds. The van der Waals surface area contributed by atoms with Gasteiger partial charge in [0.25, 0.3) is 0 Å². The molecule has 0 heterocycles. The fourth-order valence-corrected chi connectivity index (χ4v) is 4.20. The Morgan fingerprint density at radius 1 is 0.618 bits per heavy atom. The van der Waals surface area contributed by atoms with Crippen LogP contribution < -0.4 is 0 Å². The summed E-state index contributed by atoms with van der Waals surface area (Å²) in [6.45, 7) is 11.1. The smallest absolute Gasteiger partial charge is 0.0636 e. The molecule has 2 aromatic rings. The van der Waals surface area contributed by atoms with Crippen molar-refractivity contribution in [3.05, 3.63) is 58.7 Å². The first-order valence-electron chi connectivity index (χ1n) is 13.4. The van der Waals surface area contributed by atoms with Gasteiger partial charge in [0.2, 0.25) is 0 Å². The molecule has 0 bridgehead atoms. The van der Waals surface area contributed by atoms with Crippen molar-refractivity contribution < 1.29 is 16.5 Å². The van der Waals surface area contributed by atoms with Crippen molar-refractivity contribution in [2.75, 3.05) is 0 Å². The van der Waals surface area contributed by atoms with Gasteiger partial charge in [0, 0.05) is 22.7 Å². The van der Waals surface area contributed by atoms with Crippen LogP contribution in [0.2, 0.25) is 0 Å². The van der Waals surface area contributed by atoms with Crippen LogP contribution in [0.5, 0.6) is 0 Å². The summed E-state index contributed by atoms with van der Waals surface area (Å²) in [5.74, 6) is 0. The minimum absolute atomic E-state index is 0. The molecular weight excluding hydrogens is 459 g/mol. The summed E-state index contributed by atoms with van der Waals surface area (Å²) >= 11 is 0. The molecule has 0 aliphatic heterocycles. The van der Waals surface area contributed by atoms with Gasteiger partial charge in [-0.25, -0.2) is 0 Å². The third-order valence-electron chi connectivity index (χ3n) is 6.28. The van der Waals surface area contributed by atoms with Gasteiger partial charge >= 0.3 is 0 Å². The van der Waals surface area contributed by atoms with E-state index in [4.69, 9.17) is 9.98 Å². The van der Waals surface area contributed by atoms with Crippen molar-refractivity contribution in [3.63, 3.8) is 0 Å². The summed E-state index contributed by atoms with van der Waals surface area (Å²) in [6, 6.07) is 13.5. The van der Waals surface area contributed by atoms with E-state index in [0.29, 0.717) is 0 Å². The number of hydrogen-bond donors (Lipinski definition) is 0. The minimum Gasteiger partial charge on any atom is -0.255 e. The fourth-order valence-electron chi connectivity index (χ4n) is 4.20. The van der Waals surface area contributed by atoms with Crippen LogP contribution in [0.15, 0.2) is 46.4 Å². The monoisotopic (exact) mass is 504 g/mol. The molecule has 2 rings (SSSR count). The molecule has 0 aromatic heterocycles. The molecule has 2 aromatic carbocycles. The van der Waals surface area contributed by atoms with Gasteiger partial charge in [-0.3, -0.25) is 9.98 Å². The Kier molecular flexibility index (Phi) is 15.8. The molecule has 3 heteroatoms. The number of aryl methyl sites for hydroxylation is 4. The molecule has 34 heavy (non-hydrogen) atoms. The quantitative estimate of drug-likeness (QED) is 0.170. The van der Waals surface area contributed by atoms with Gasteiger partial charge in [0.05, 0.1) is 17.1 Å². The van der Waals surface area contributed by atoms with E-state index in [9.17, 15) is 0 Å². The van der Waals surface area contributed by atoms with Crippen LogP contribution in [0.3, 0.4) is 0 Å². The number of unbranched alkanes of at least 4 members (excludes halogenated alkanes) is 4. The Bertz CT molecular complexity index is 898. The Balaban J connectivity index is 0.00000578. The average molecular weight is 505 g/mol. The second-order valence-corrected chi connectivity index (χ2v) is 9.33. The molecule has 0 aliphatic carbocycles. The predicted octanol–water partition coefficient (Wildman–Crippen LogP) is 9.55. The molecule has 2 nitrogen and oxygen atoms in total. The molecule has 0 unspecified atom stereocenters. The second-order valence-electron chi connectivity index (χ2n) is 9.33. The van der Waals surface area contributed by atoms with Crippen molar-refractivity contribution in [1.82, 2.24) is 0 Å². The van der Waals surface area contributed by atoms with Crippen molar-refractivity contribution >= 4 is 23.3 Å². The van der Waals surface area contributed by atoms with E-state index in [2.05, 4.69) is 64.1 Å². The van der Waals surface area contributed by atoms with Crippen molar-refractivity contribution in [2.24, 2.45) is 9.98 Å². The first-order valence-corrected chi connectivity index (χ1v) is 13.4. The molecule has 0 fully saturated rings. The molecule has 0 saturated heterocycles. The molecule has 0 saturated carbocycles. The van der Waals surface area contributed by atoms with Gasteiger partial charge in [-0.15, -0.1) is 0 Å². The van der Waals surface area contributed by atoms with Gasteiger partial charge in [-0.2, -0.15) is 0 Å². The van der Waals surface area contributed by atoms with E-state index in [1.165, 1.54) is 86.5 Å². The number of hydrogen-bond acceptors (Lipinski definition) is 2. The maximum absolute atomic E-state index is 4.86. The number of nitrogens with zero attached hydrogens (tertiary/aromatic N) is 2. The SMILES string of the molecule is CCCCc1ccc(/N=C/C(C)=N/c2ccc(CCCC)c(CCCC)c2)cc1CCCC.[Ni]. The number of rotatable bonds is 15. The third-order valence-corrected chi connectivity index (χ3v) is 6.28. The molecule has 0 aliphatic rings. The summed E-state index contributed by atoms with van der Waals surface area (Å²) in [5.41, 5.74) is 8.97. The van der Waals surface area contributed by atoms with Crippen LogP contribution in [0.4, 0.5) is 11.4 Å². The van der Waals surface area contributed by atoms with Crippen LogP contribution in [0.1, 0.15) is 108 Å². The Morgan fingerprint density at radius 2 is 1.03 bits per heavy atom. The molecular formula is C31H46N2Ni. The van der Waals surface area contributed by atoms with Crippen LogP contribution in [0, 0.1) is 0 Å². The van der Waals surface area contributed by atoms with E-state index in [0.717, 1.165) is 29.9 Å².